The van der Waals surface area contributed by atoms with E-state index in [0.717, 1.165) is 17.7 Å². The third kappa shape index (κ3) is 7.23. The molecule has 3 atom stereocenters. The molecule has 0 fully saturated rings. The molecule has 0 heterocycles. The van der Waals surface area contributed by atoms with Gasteiger partial charge in [0, 0.05) is 19.6 Å². The summed E-state index contributed by atoms with van der Waals surface area (Å²) >= 11 is 0. The van der Waals surface area contributed by atoms with Crippen molar-refractivity contribution in [1.82, 2.24) is 0 Å². The SMILES string of the molecule is CCO[C@@H](CCO)c1ccc(O[C@@H]2CCc3c2cccc3C(F)(F)F)cc1.O[C@H]1CCc2c1cccc2C(F)(F)F. The van der Waals surface area contributed by atoms with Crippen LogP contribution in [-0.2, 0) is 29.9 Å². The maximum absolute atomic E-state index is 13.2. The molecule has 0 amide bonds. The summed E-state index contributed by atoms with van der Waals surface area (Å²) < 4.78 is 88.6. The normalized spacial score (nSPS) is 18.8. The van der Waals surface area contributed by atoms with Crippen molar-refractivity contribution in [2.24, 2.45) is 0 Å². The van der Waals surface area contributed by atoms with Crippen LogP contribution in [0.4, 0.5) is 26.3 Å². The van der Waals surface area contributed by atoms with Crippen LogP contribution in [0.2, 0.25) is 0 Å². The first-order chi connectivity index (χ1) is 19.4. The third-order valence-corrected chi connectivity index (χ3v) is 7.35. The maximum Gasteiger partial charge on any atom is 0.416 e. The molecule has 0 radical (unpaired) electrons. The number of benzene rings is 3. The van der Waals surface area contributed by atoms with Crippen LogP contribution in [0.25, 0.3) is 0 Å². The van der Waals surface area contributed by atoms with Gasteiger partial charge in [0.1, 0.15) is 11.9 Å². The predicted octanol–water partition coefficient (Wildman–Crippen LogP) is 7.92. The number of aliphatic hydroxyl groups is 2. The number of alkyl halides is 6. The smallest absolute Gasteiger partial charge is 0.416 e. The highest BCUT2D eigenvalue weighted by molar-refractivity contribution is 5.43. The minimum absolute atomic E-state index is 0.0311. The Hall–Kier alpha value is -3.08. The van der Waals surface area contributed by atoms with Crippen molar-refractivity contribution in [3.63, 3.8) is 0 Å². The molecular formula is C31H32F6O4. The van der Waals surface area contributed by atoms with E-state index in [1.807, 2.05) is 19.1 Å². The molecule has 0 saturated carbocycles. The van der Waals surface area contributed by atoms with Crippen molar-refractivity contribution < 1.29 is 46.0 Å². The van der Waals surface area contributed by atoms with Crippen molar-refractivity contribution in [2.75, 3.05) is 13.2 Å². The van der Waals surface area contributed by atoms with Crippen LogP contribution in [0.3, 0.4) is 0 Å². The highest BCUT2D eigenvalue weighted by Gasteiger charge is 2.38. The van der Waals surface area contributed by atoms with Crippen molar-refractivity contribution >= 4 is 0 Å². The fourth-order valence-electron chi connectivity index (χ4n) is 5.49. The largest absolute Gasteiger partial charge is 0.486 e. The van der Waals surface area contributed by atoms with Gasteiger partial charge in [0.25, 0.3) is 0 Å². The number of ether oxygens (including phenoxy) is 2. The van der Waals surface area contributed by atoms with E-state index in [1.54, 1.807) is 24.3 Å². The molecule has 2 aliphatic carbocycles. The van der Waals surface area contributed by atoms with Gasteiger partial charge in [0.05, 0.1) is 23.3 Å². The van der Waals surface area contributed by atoms with Crippen molar-refractivity contribution in [2.45, 2.75) is 69.7 Å². The molecular weight excluding hydrogens is 550 g/mol. The summed E-state index contributed by atoms with van der Waals surface area (Å²) in [5, 5.41) is 18.6. The molecule has 0 saturated heterocycles. The molecule has 10 heteroatoms. The highest BCUT2D eigenvalue weighted by atomic mass is 19.4. The minimum Gasteiger partial charge on any atom is -0.486 e. The van der Waals surface area contributed by atoms with E-state index < -0.39 is 29.6 Å². The molecule has 0 unspecified atom stereocenters. The van der Waals surface area contributed by atoms with Gasteiger partial charge < -0.3 is 19.7 Å². The zero-order chi connectivity index (χ0) is 29.8. The first kappa shape index (κ1) is 30.9. The molecule has 0 aliphatic heterocycles. The summed E-state index contributed by atoms with van der Waals surface area (Å²) in [6.07, 6.45) is -7.86. The van der Waals surface area contributed by atoms with E-state index in [0.29, 0.717) is 61.2 Å². The zero-order valence-electron chi connectivity index (χ0n) is 22.4. The Morgan fingerprint density at radius 1 is 0.805 bits per heavy atom. The van der Waals surface area contributed by atoms with Gasteiger partial charge in [0.2, 0.25) is 0 Å². The monoisotopic (exact) mass is 582 g/mol. The van der Waals surface area contributed by atoms with E-state index >= 15 is 0 Å². The Bertz CT molecular complexity index is 1300. The Kier molecular flexibility index (Phi) is 9.66. The van der Waals surface area contributed by atoms with Crippen LogP contribution in [0.15, 0.2) is 60.7 Å². The lowest BCUT2D eigenvalue weighted by molar-refractivity contribution is -0.139. The summed E-state index contributed by atoms with van der Waals surface area (Å²) in [6, 6.07) is 15.6. The molecule has 2 aliphatic rings. The molecule has 2 N–H and O–H groups in total. The van der Waals surface area contributed by atoms with E-state index in [4.69, 9.17) is 14.6 Å². The van der Waals surface area contributed by atoms with Gasteiger partial charge in [-0.1, -0.05) is 36.4 Å². The lowest BCUT2D eigenvalue weighted by Crippen LogP contribution is -2.10. The fraction of sp³-hybridized carbons (Fsp3) is 0.419. The minimum atomic E-state index is -4.34. The highest BCUT2D eigenvalue weighted by Crippen LogP contribution is 2.42. The van der Waals surface area contributed by atoms with Crippen molar-refractivity contribution in [1.29, 1.82) is 0 Å². The van der Waals surface area contributed by atoms with Crippen LogP contribution in [0.5, 0.6) is 5.75 Å². The second-order valence-electron chi connectivity index (χ2n) is 9.97. The lowest BCUT2D eigenvalue weighted by atomic mass is 10.0. The first-order valence-corrected chi connectivity index (χ1v) is 13.5. The average Bonchev–Trinajstić information content (AvgIpc) is 3.51. The van der Waals surface area contributed by atoms with Crippen LogP contribution >= 0.6 is 0 Å². The van der Waals surface area contributed by atoms with Gasteiger partial charge in [-0.2, -0.15) is 26.3 Å². The maximum atomic E-state index is 13.2. The van der Waals surface area contributed by atoms with Gasteiger partial charge in [-0.25, -0.2) is 0 Å². The van der Waals surface area contributed by atoms with Crippen molar-refractivity contribution in [3.8, 4) is 5.75 Å². The van der Waals surface area contributed by atoms with Crippen LogP contribution < -0.4 is 4.74 Å². The van der Waals surface area contributed by atoms with Gasteiger partial charge in [-0.15, -0.1) is 0 Å². The topological polar surface area (TPSA) is 58.9 Å². The molecule has 0 bridgehead atoms. The Labute approximate surface area is 234 Å². The van der Waals surface area contributed by atoms with Gasteiger partial charge in [0.15, 0.2) is 0 Å². The van der Waals surface area contributed by atoms with E-state index in [1.165, 1.54) is 12.1 Å². The second kappa shape index (κ2) is 12.8. The first-order valence-electron chi connectivity index (χ1n) is 13.5. The lowest BCUT2D eigenvalue weighted by Gasteiger charge is -2.19. The number of hydrogen-bond donors (Lipinski definition) is 2. The van der Waals surface area contributed by atoms with Crippen LogP contribution in [-0.4, -0.2) is 23.4 Å². The van der Waals surface area contributed by atoms with Crippen LogP contribution in [0.1, 0.15) is 83.4 Å². The standard InChI is InChI=1S/C21H23F3O3.C10H9F3O/c1-2-26-19(12-13-25)14-6-8-15(9-7-14)27-20-11-10-16-17(20)4-3-5-18(16)21(22,23)24;11-10(12,13)8-3-1-2-7-6(8)4-5-9(7)14/h3-9,19-20,25H,2,10-13H2,1H3;1-3,9,14H,4-5H2/t19-,20+;9-/m00/s1. The summed E-state index contributed by atoms with van der Waals surface area (Å²) in [6.45, 7) is 2.47. The number of fused-ring (bicyclic) bond motifs is 2. The van der Waals surface area contributed by atoms with Gasteiger partial charge in [-0.05, 0) is 84.7 Å². The fourth-order valence-corrected chi connectivity index (χ4v) is 5.49. The second-order valence-corrected chi connectivity index (χ2v) is 9.97. The molecule has 3 aromatic carbocycles. The number of rotatable bonds is 7. The van der Waals surface area contributed by atoms with Gasteiger partial charge >= 0.3 is 12.4 Å². The summed E-state index contributed by atoms with van der Waals surface area (Å²) in [4.78, 5) is 0. The average molecular weight is 583 g/mol. The number of halogens is 6. The van der Waals surface area contributed by atoms with Gasteiger partial charge in [-0.3, -0.25) is 0 Å². The molecule has 5 rings (SSSR count). The molecule has 0 aromatic heterocycles. The summed E-state index contributed by atoms with van der Waals surface area (Å²) in [5.74, 6) is 0.605. The summed E-state index contributed by atoms with van der Waals surface area (Å²) in [5.41, 5.74) is 1.40. The molecule has 3 aromatic rings. The van der Waals surface area contributed by atoms with E-state index in [9.17, 15) is 31.4 Å². The van der Waals surface area contributed by atoms with Crippen LogP contribution in [0, 0.1) is 0 Å². The quantitative estimate of drug-likeness (QED) is 0.278. The molecule has 0 spiro atoms. The van der Waals surface area contributed by atoms with Crippen molar-refractivity contribution in [3.05, 3.63) is 99.6 Å². The molecule has 41 heavy (non-hydrogen) atoms. The zero-order valence-corrected chi connectivity index (χ0v) is 22.4. The Morgan fingerprint density at radius 2 is 1.37 bits per heavy atom. The Morgan fingerprint density at radius 3 is 1.93 bits per heavy atom. The Balaban J connectivity index is 0.000000231. The van der Waals surface area contributed by atoms with E-state index in [-0.39, 0.29) is 24.4 Å². The van der Waals surface area contributed by atoms with E-state index in [2.05, 4.69) is 0 Å². The summed E-state index contributed by atoms with van der Waals surface area (Å²) in [7, 11) is 0. The number of hydrogen-bond acceptors (Lipinski definition) is 4. The predicted molar refractivity (Wildman–Crippen MR) is 140 cm³/mol. The third-order valence-electron chi connectivity index (χ3n) is 7.35. The molecule has 222 valence electrons. The number of aliphatic hydroxyl groups excluding tert-OH is 2. The molecule has 4 nitrogen and oxygen atoms in total.